The predicted molar refractivity (Wildman–Crippen MR) is 89.2 cm³/mol. The zero-order valence-electron chi connectivity index (χ0n) is 13.1. The number of hydrogen-bond acceptors (Lipinski definition) is 6. The van der Waals surface area contributed by atoms with Crippen molar-refractivity contribution in [2.75, 3.05) is 37.6 Å². The van der Waals surface area contributed by atoms with Gasteiger partial charge in [-0.25, -0.2) is 19.9 Å². The minimum Gasteiger partial charge on any atom is -0.345 e. The van der Waals surface area contributed by atoms with Crippen LogP contribution in [0.2, 0.25) is 0 Å². The number of H-pyrrole nitrogens is 1. The highest BCUT2D eigenvalue weighted by Gasteiger charge is 2.17. The van der Waals surface area contributed by atoms with Gasteiger partial charge in [-0.3, -0.25) is 0 Å². The van der Waals surface area contributed by atoms with Crippen molar-refractivity contribution in [1.82, 2.24) is 29.8 Å². The van der Waals surface area contributed by atoms with E-state index < -0.39 is 0 Å². The van der Waals surface area contributed by atoms with E-state index in [0.29, 0.717) is 0 Å². The van der Waals surface area contributed by atoms with E-state index in [4.69, 9.17) is 0 Å². The fourth-order valence-corrected chi connectivity index (χ4v) is 2.85. The second kappa shape index (κ2) is 5.92. The van der Waals surface area contributed by atoms with E-state index in [1.807, 2.05) is 24.7 Å². The molecule has 118 valence electrons. The van der Waals surface area contributed by atoms with Crippen LogP contribution in [0.3, 0.4) is 0 Å². The van der Waals surface area contributed by atoms with Crippen LogP contribution in [-0.4, -0.2) is 62.5 Å². The summed E-state index contributed by atoms with van der Waals surface area (Å²) in [5.41, 5.74) is 3.32. The topological polar surface area (TPSA) is 73.8 Å². The van der Waals surface area contributed by atoms with Crippen molar-refractivity contribution in [2.45, 2.75) is 6.92 Å². The van der Waals surface area contributed by atoms with Crippen molar-refractivity contribution in [2.24, 2.45) is 0 Å². The lowest BCUT2D eigenvalue weighted by Crippen LogP contribution is -2.46. The summed E-state index contributed by atoms with van der Waals surface area (Å²) < 4.78 is 0. The molecule has 0 unspecified atom stereocenters. The maximum atomic E-state index is 4.57. The van der Waals surface area contributed by atoms with Crippen molar-refractivity contribution < 1.29 is 0 Å². The number of rotatable bonds is 3. The summed E-state index contributed by atoms with van der Waals surface area (Å²) in [6, 6.07) is 1.91. The first kappa shape index (κ1) is 14.1. The molecule has 0 amide bonds. The highest BCUT2D eigenvalue weighted by molar-refractivity contribution is 5.73. The summed E-state index contributed by atoms with van der Waals surface area (Å²) >= 11 is 0. The zero-order valence-corrected chi connectivity index (χ0v) is 13.1. The van der Waals surface area contributed by atoms with Crippen LogP contribution in [-0.2, 0) is 0 Å². The number of hydrogen-bond donors (Lipinski definition) is 1. The number of nitrogens with one attached hydrogen (secondary N) is 1. The normalized spacial score (nSPS) is 16.1. The third kappa shape index (κ3) is 2.75. The first-order valence-electron chi connectivity index (χ1n) is 7.93. The van der Waals surface area contributed by atoms with E-state index in [1.54, 1.807) is 6.20 Å². The summed E-state index contributed by atoms with van der Waals surface area (Å²) in [5.74, 6) is 0.792. The molecule has 4 heterocycles. The van der Waals surface area contributed by atoms with Gasteiger partial charge in [0.25, 0.3) is 0 Å². The van der Waals surface area contributed by atoms with E-state index in [0.717, 1.165) is 61.1 Å². The van der Waals surface area contributed by atoms with Crippen LogP contribution in [0.25, 0.3) is 22.4 Å². The van der Waals surface area contributed by atoms with Crippen LogP contribution in [0, 0.1) is 0 Å². The third-order valence-electron chi connectivity index (χ3n) is 4.30. The molecule has 1 saturated heterocycles. The Balaban J connectivity index is 1.53. The van der Waals surface area contributed by atoms with Crippen molar-refractivity contribution in [3.63, 3.8) is 0 Å². The van der Waals surface area contributed by atoms with Gasteiger partial charge in [0, 0.05) is 50.3 Å². The minimum atomic E-state index is 0.791. The number of aromatic nitrogens is 5. The number of likely N-dealkylation sites (N-methyl/N-ethyl adjacent to an activating group) is 1. The molecule has 0 aliphatic carbocycles. The van der Waals surface area contributed by atoms with E-state index >= 15 is 0 Å². The van der Waals surface area contributed by atoms with Crippen molar-refractivity contribution in [1.29, 1.82) is 0 Å². The second-order valence-corrected chi connectivity index (χ2v) is 5.66. The van der Waals surface area contributed by atoms with Gasteiger partial charge in [0.15, 0.2) is 5.65 Å². The van der Waals surface area contributed by atoms with Crippen molar-refractivity contribution >= 4 is 17.1 Å². The molecule has 1 aliphatic heterocycles. The fraction of sp³-hybridized carbons (Fsp3) is 0.375. The van der Waals surface area contributed by atoms with Crippen LogP contribution in [0.15, 0.2) is 30.9 Å². The Bertz CT molecular complexity index is 788. The van der Waals surface area contributed by atoms with Gasteiger partial charge in [-0.15, -0.1) is 0 Å². The van der Waals surface area contributed by atoms with Gasteiger partial charge in [0.05, 0.1) is 11.9 Å². The second-order valence-electron chi connectivity index (χ2n) is 5.66. The smallest absolute Gasteiger partial charge is 0.225 e. The average molecular weight is 309 g/mol. The van der Waals surface area contributed by atoms with Gasteiger partial charge < -0.3 is 14.8 Å². The number of aromatic amines is 1. The fourth-order valence-electron chi connectivity index (χ4n) is 2.85. The molecule has 3 aromatic rings. The third-order valence-corrected chi connectivity index (χ3v) is 4.30. The van der Waals surface area contributed by atoms with E-state index in [2.05, 4.69) is 41.6 Å². The maximum Gasteiger partial charge on any atom is 0.225 e. The molecule has 1 aliphatic rings. The molecule has 23 heavy (non-hydrogen) atoms. The van der Waals surface area contributed by atoms with E-state index in [1.165, 1.54) is 0 Å². The summed E-state index contributed by atoms with van der Waals surface area (Å²) in [6.07, 6.45) is 7.25. The Morgan fingerprint density at radius 2 is 1.83 bits per heavy atom. The van der Waals surface area contributed by atoms with Crippen LogP contribution in [0.1, 0.15) is 6.92 Å². The Hall–Kier alpha value is -2.54. The summed E-state index contributed by atoms with van der Waals surface area (Å²) in [4.78, 5) is 25.7. The maximum absolute atomic E-state index is 4.57. The van der Waals surface area contributed by atoms with Gasteiger partial charge in [-0.05, 0) is 12.6 Å². The van der Waals surface area contributed by atoms with E-state index in [-0.39, 0.29) is 0 Å². The van der Waals surface area contributed by atoms with Gasteiger partial charge >= 0.3 is 0 Å². The van der Waals surface area contributed by atoms with Crippen LogP contribution >= 0.6 is 0 Å². The molecule has 4 rings (SSSR count). The molecule has 1 N–H and O–H groups in total. The molecule has 0 aromatic carbocycles. The Morgan fingerprint density at radius 1 is 1.04 bits per heavy atom. The molecular weight excluding hydrogens is 290 g/mol. The highest BCUT2D eigenvalue weighted by Crippen LogP contribution is 2.19. The van der Waals surface area contributed by atoms with Crippen LogP contribution < -0.4 is 4.90 Å². The molecule has 0 saturated carbocycles. The Kier molecular flexibility index (Phi) is 3.63. The summed E-state index contributed by atoms with van der Waals surface area (Å²) in [7, 11) is 0. The number of nitrogens with zero attached hydrogens (tertiary/aromatic N) is 6. The van der Waals surface area contributed by atoms with Crippen LogP contribution in [0.5, 0.6) is 0 Å². The van der Waals surface area contributed by atoms with Crippen LogP contribution in [0.4, 0.5) is 5.95 Å². The molecule has 0 spiro atoms. The minimum absolute atomic E-state index is 0.791. The monoisotopic (exact) mass is 309 g/mol. The Labute approximate surface area is 134 Å². The molecule has 3 aromatic heterocycles. The van der Waals surface area contributed by atoms with Gasteiger partial charge in [-0.1, -0.05) is 6.92 Å². The molecular formula is C16H19N7. The van der Waals surface area contributed by atoms with Gasteiger partial charge in [0.2, 0.25) is 5.95 Å². The SMILES string of the molecule is CCN1CCN(c2ncc(-c3cnc4[nH]ccc4n3)cn2)CC1. The molecule has 7 heteroatoms. The molecule has 1 fully saturated rings. The lowest BCUT2D eigenvalue weighted by molar-refractivity contribution is 0.270. The average Bonchev–Trinajstić information content (AvgIpc) is 3.10. The molecule has 0 radical (unpaired) electrons. The van der Waals surface area contributed by atoms with E-state index in [9.17, 15) is 0 Å². The van der Waals surface area contributed by atoms with Gasteiger partial charge in [0.1, 0.15) is 5.52 Å². The summed E-state index contributed by atoms with van der Waals surface area (Å²) in [6.45, 7) is 7.39. The van der Waals surface area contributed by atoms with Crippen molar-refractivity contribution in [3.8, 4) is 11.3 Å². The lowest BCUT2D eigenvalue weighted by atomic mass is 10.2. The zero-order chi connectivity index (χ0) is 15.6. The first-order chi connectivity index (χ1) is 11.3. The standard InChI is InChI=1S/C16H19N7/c1-2-22-5-7-23(8-6-22)16-19-9-12(10-20-16)14-11-18-15-13(21-14)3-4-17-15/h3-4,9-11H,2,5-8H2,1H3,(H,17,18). The lowest BCUT2D eigenvalue weighted by Gasteiger charge is -2.33. The number of fused-ring (bicyclic) bond motifs is 1. The summed E-state index contributed by atoms with van der Waals surface area (Å²) in [5, 5.41) is 0. The largest absolute Gasteiger partial charge is 0.345 e. The Morgan fingerprint density at radius 3 is 2.57 bits per heavy atom. The molecule has 0 atom stereocenters. The van der Waals surface area contributed by atoms with Crippen molar-refractivity contribution in [3.05, 3.63) is 30.9 Å². The quantitative estimate of drug-likeness (QED) is 0.791. The molecule has 7 nitrogen and oxygen atoms in total. The predicted octanol–water partition coefficient (Wildman–Crippen LogP) is 1.56. The van der Waals surface area contributed by atoms with Gasteiger partial charge in [-0.2, -0.15) is 0 Å². The molecule has 0 bridgehead atoms. The highest BCUT2D eigenvalue weighted by atomic mass is 15.3. The number of anilines is 1. The first-order valence-corrected chi connectivity index (χ1v) is 7.93. The number of piperazine rings is 1.